The first-order valence-corrected chi connectivity index (χ1v) is 3.84. The quantitative estimate of drug-likeness (QED) is 0.747. The van der Waals surface area contributed by atoms with E-state index >= 15 is 0 Å². The van der Waals surface area contributed by atoms with E-state index in [1.807, 2.05) is 5.48 Å². The molecule has 2 N–H and O–H groups in total. The fourth-order valence-electron chi connectivity index (χ4n) is 0.764. The molecule has 0 spiro atoms. The van der Waals surface area contributed by atoms with Gasteiger partial charge in [0.1, 0.15) is 5.82 Å². The molecule has 0 saturated carbocycles. The van der Waals surface area contributed by atoms with E-state index in [-0.39, 0.29) is 12.4 Å². The Kier molecular flexibility index (Phi) is 2.99. The smallest absolute Gasteiger partial charge is 0.123 e. The Morgan fingerprint density at radius 2 is 2.27 bits per heavy atom. The Labute approximate surface area is 72.1 Å². The van der Waals surface area contributed by atoms with Crippen molar-refractivity contribution in [2.24, 2.45) is 0 Å². The van der Waals surface area contributed by atoms with Gasteiger partial charge < -0.3 is 5.21 Å². The fraction of sp³-hybridized carbons (Fsp3) is 0.143. The molecule has 0 aliphatic heterocycles. The van der Waals surface area contributed by atoms with E-state index < -0.39 is 0 Å². The van der Waals surface area contributed by atoms with Gasteiger partial charge in [-0.25, -0.2) is 9.87 Å². The molecule has 0 heterocycles. The number of halogens is 2. The van der Waals surface area contributed by atoms with Gasteiger partial charge >= 0.3 is 0 Å². The molecule has 0 fully saturated rings. The highest BCUT2D eigenvalue weighted by atomic mass is 79.9. The van der Waals surface area contributed by atoms with Crippen molar-refractivity contribution in [2.45, 2.75) is 6.54 Å². The summed E-state index contributed by atoms with van der Waals surface area (Å²) in [5.41, 5.74) is 2.64. The molecule has 11 heavy (non-hydrogen) atoms. The average Bonchev–Trinajstić information content (AvgIpc) is 1.98. The van der Waals surface area contributed by atoms with Gasteiger partial charge in [0, 0.05) is 11.0 Å². The van der Waals surface area contributed by atoms with Gasteiger partial charge in [-0.15, -0.1) is 0 Å². The van der Waals surface area contributed by atoms with E-state index in [9.17, 15) is 4.39 Å². The largest absolute Gasteiger partial charge is 0.316 e. The van der Waals surface area contributed by atoms with Crippen LogP contribution in [0.4, 0.5) is 4.39 Å². The summed E-state index contributed by atoms with van der Waals surface area (Å²) in [6, 6.07) is 4.31. The summed E-state index contributed by atoms with van der Waals surface area (Å²) >= 11 is 3.21. The number of hydrogen-bond donors (Lipinski definition) is 2. The Morgan fingerprint density at radius 1 is 1.55 bits per heavy atom. The molecule has 0 aromatic heterocycles. The second kappa shape index (κ2) is 3.80. The fourth-order valence-corrected chi connectivity index (χ4v) is 1.15. The minimum atomic E-state index is -0.307. The molecule has 1 aromatic carbocycles. The molecule has 60 valence electrons. The van der Waals surface area contributed by atoms with Crippen molar-refractivity contribution in [3.8, 4) is 0 Å². The maximum Gasteiger partial charge on any atom is 0.123 e. The van der Waals surface area contributed by atoms with Crippen LogP contribution < -0.4 is 5.48 Å². The normalized spacial score (nSPS) is 10.1. The molecule has 1 aromatic rings. The van der Waals surface area contributed by atoms with E-state index in [1.54, 1.807) is 6.07 Å². The van der Waals surface area contributed by atoms with Crippen LogP contribution >= 0.6 is 15.9 Å². The summed E-state index contributed by atoms with van der Waals surface area (Å²) in [5.74, 6) is -0.307. The van der Waals surface area contributed by atoms with Crippen molar-refractivity contribution < 1.29 is 9.60 Å². The molecule has 0 unspecified atom stereocenters. The molecule has 0 radical (unpaired) electrons. The molecule has 4 heteroatoms. The number of hydroxylamine groups is 1. The zero-order valence-corrected chi connectivity index (χ0v) is 7.23. The van der Waals surface area contributed by atoms with Crippen molar-refractivity contribution >= 4 is 15.9 Å². The highest BCUT2D eigenvalue weighted by Crippen LogP contribution is 2.17. The Hall–Kier alpha value is -0.450. The SMILES string of the molecule is ONCc1cc(F)ccc1Br. The number of rotatable bonds is 2. The Bertz CT molecular complexity index is 254. The zero-order valence-electron chi connectivity index (χ0n) is 5.64. The predicted octanol–water partition coefficient (Wildman–Crippen LogP) is 2.07. The molecule has 0 bridgehead atoms. The lowest BCUT2D eigenvalue weighted by Gasteiger charge is -2.01. The first-order valence-electron chi connectivity index (χ1n) is 3.05. The van der Waals surface area contributed by atoms with Crippen LogP contribution in [-0.4, -0.2) is 5.21 Å². The van der Waals surface area contributed by atoms with E-state index in [0.29, 0.717) is 5.56 Å². The summed E-state index contributed by atoms with van der Waals surface area (Å²) in [5, 5.41) is 8.34. The summed E-state index contributed by atoms with van der Waals surface area (Å²) in [7, 11) is 0. The summed E-state index contributed by atoms with van der Waals surface area (Å²) in [6.45, 7) is 0.234. The lowest BCUT2D eigenvalue weighted by atomic mass is 10.2. The highest BCUT2D eigenvalue weighted by molar-refractivity contribution is 9.10. The van der Waals surface area contributed by atoms with Gasteiger partial charge in [0.15, 0.2) is 0 Å². The van der Waals surface area contributed by atoms with Crippen molar-refractivity contribution in [2.75, 3.05) is 0 Å². The average molecular weight is 220 g/mol. The monoisotopic (exact) mass is 219 g/mol. The second-order valence-electron chi connectivity index (χ2n) is 2.07. The lowest BCUT2D eigenvalue weighted by molar-refractivity contribution is 0.161. The van der Waals surface area contributed by atoms with Crippen LogP contribution in [0, 0.1) is 5.82 Å². The van der Waals surface area contributed by atoms with Gasteiger partial charge in [0.2, 0.25) is 0 Å². The minimum Gasteiger partial charge on any atom is -0.316 e. The van der Waals surface area contributed by atoms with Crippen molar-refractivity contribution in [3.05, 3.63) is 34.1 Å². The summed E-state index contributed by atoms with van der Waals surface area (Å²) in [6.07, 6.45) is 0. The van der Waals surface area contributed by atoms with Gasteiger partial charge in [-0.1, -0.05) is 15.9 Å². The standard InChI is InChI=1S/C7H7BrFNO/c8-7-2-1-6(9)3-5(7)4-10-11/h1-3,10-11H,4H2. The van der Waals surface area contributed by atoms with Gasteiger partial charge in [0.25, 0.3) is 0 Å². The Balaban J connectivity index is 2.93. The third-order valence-electron chi connectivity index (χ3n) is 1.28. The van der Waals surface area contributed by atoms with Crippen molar-refractivity contribution in [3.63, 3.8) is 0 Å². The van der Waals surface area contributed by atoms with Crippen LogP contribution in [0.2, 0.25) is 0 Å². The molecule has 0 aliphatic carbocycles. The molecule has 0 saturated heterocycles. The molecule has 2 nitrogen and oxygen atoms in total. The maximum absolute atomic E-state index is 12.5. The van der Waals surface area contributed by atoms with Crippen molar-refractivity contribution in [1.29, 1.82) is 0 Å². The van der Waals surface area contributed by atoms with Gasteiger partial charge in [-0.2, -0.15) is 0 Å². The van der Waals surface area contributed by atoms with Crippen LogP contribution in [-0.2, 0) is 6.54 Å². The van der Waals surface area contributed by atoms with E-state index in [2.05, 4.69) is 15.9 Å². The van der Waals surface area contributed by atoms with Gasteiger partial charge in [-0.3, -0.25) is 0 Å². The molecular weight excluding hydrogens is 213 g/mol. The van der Waals surface area contributed by atoms with Crippen LogP contribution in [0.15, 0.2) is 22.7 Å². The second-order valence-corrected chi connectivity index (χ2v) is 2.92. The Morgan fingerprint density at radius 3 is 2.91 bits per heavy atom. The maximum atomic E-state index is 12.5. The van der Waals surface area contributed by atoms with Crippen LogP contribution in [0.1, 0.15) is 5.56 Å². The number of nitrogens with one attached hydrogen (secondary N) is 1. The summed E-state index contributed by atoms with van der Waals surface area (Å²) < 4.78 is 13.3. The van der Waals surface area contributed by atoms with Gasteiger partial charge in [-0.05, 0) is 23.8 Å². The lowest BCUT2D eigenvalue weighted by Crippen LogP contribution is -2.06. The van der Waals surface area contributed by atoms with Crippen LogP contribution in [0.25, 0.3) is 0 Å². The molecule has 0 amide bonds. The van der Waals surface area contributed by atoms with E-state index in [4.69, 9.17) is 5.21 Å². The first kappa shape index (κ1) is 8.64. The van der Waals surface area contributed by atoms with Crippen LogP contribution in [0.3, 0.4) is 0 Å². The van der Waals surface area contributed by atoms with Crippen LogP contribution in [0.5, 0.6) is 0 Å². The van der Waals surface area contributed by atoms with Gasteiger partial charge in [0.05, 0.1) is 0 Å². The molecular formula is C7H7BrFNO. The summed E-state index contributed by atoms with van der Waals surface area (Å²) in [4.78, 5) is 0. The molecule has 0 aliphatic rings. The number of hydrogen-bond acceptors (Lipinski definition) is 2. The van der Waals surface area contributed by atoms with E-state index in [0.717, 1.165) is 4.47 Å². The van der Waals surface area contributed by atoms with Crippen molar-refractivity contribution in [1.82, 2.24) is 5.48 Å². The van der Waals surface area contributed by atoms with E-state index in [1.165, 1.54) is 12.1 Å². The predicted molar refractivity (Wildman–Crippen MR) is 42.7 cm³/mol. The topological polar surface area (TPSA) is 32.3 Å². The zero-order chi connectivity index (χ0) is 8.27. The molecule has 0 atom stereocenters. The highest BCUT2D eigenvalue weighted by Gasteiger charge is 1.99. The third-order valence-corrected chi connectivity index (χ3v) is 2.05. The first-order chi connectivity index (χ1) is 5.24. The molecule has 1 rings (SSSR count). The minimum absolute atomic E-state index is 0.234. The number of benzene rings is 1. The third kappa shape index (κ3) is 2.25.